The van der Waals surface area contributed by atoms with Gasteiger partial charge >= 0.3 is 5.92 Å². The molecule has 0 bridgehead atoms. The number of anilines is 1. The fourth-order valence-corrected chi connectivity index (χ4v) is 4.18. The van der Waals surface area contributed by atoms with Gasteiger partial charge in [-0.05, 0) is 69.5 Å². The Morgan fingerprint density at radius 1 is 1.38 bits per heavy atom. The molecule has 2 aliphatic rings. The number of nitrogens with one attached hydrogen (secondary N) is 1. The van der Waals surface area contributed by atoms with Crippen molar-refractivity contribution in [2.45, 2.75) is 84.0 Å². The molecule has 1 amide bonds. The molecule has 1 saturated heterocycles. The lowest BCUT2D eigenvalue weighted by Gasteiger charge is -2.31. The van der Waals surface area contributed by atoms with Crippen molar-refractivity contribution in [3.05, 3.63) is 29.2 Å². The van der Waals surface area contributed by atoms with E-state index in [1.54, 1.807) is 13.8 Å². The van der Waals surface area contributed by atoms with Crippen molar-refractivity contribution in [2.75, 3.05) is 24.6 Å². The van der Waals surface area contributed by atoms with Crippen LogP contribution in [0.3, 0.4) is 0 Å². The lowest BCUT2D eigenvalue weighted by atomic mass is 9.92. The maximum absolute atomic E-state index is 13.3. The van der Waals surface area contributed by atoms with Crippen LogP contribution < -0.4 is 10.2 Å². The van der Waals surface area contributed by atoms with E-state index < -0.39 is 17.9 Å². The number of ether oxygens (including phenoxy) is 1. The number of aliphatic hydroxyl groups excluding tert-OH is 1. The van der Waals surface area contributed by atoms with Gasteiger partial charge in [0, 0.05) is 32.2 Å². The van der Waals surface area contributed by atoms with Crippen LogP contribution in [0.1, 0.15) is 65.7 Å². The molecule has 1 aromatic heterocycles. The van der Waals surface area contributed by atoms with Gasteiger partial charge in [-0.15, -0.1) is 0 Å². The molecule has 0 spiro atoms. The van der Waals surface area contributed by atoms with E-state index in [-0.39, 0.29) is 24.0 Å². The molecule has 10 heteroatoms. The number of amides is 1. The lowest BCUT2D eigenvalue weighted by Crippen LogP contribution is -2.40. The summed E-state index contributed by atoms with van der Waals surface area (Å²) in [4.78, 5) is 18.1. The highest BCUT2D eigenvalue weighted by atomic mass is 19.3. The molecule has 0 saturated carbocycles. The van der Waals surface area contributed by atoms with Gasteiger partial charge in [0.05, 0.1) is 18.2 Å². The smallest absolute Gasteiger partial charge is 0.322 e. The van der Waals surface area contributed by atoms with E-state index in [2.05, 4.69) is 20.0 Å². The Morgan fingerprint density at radius 2 is 2.09 bits per heavy atom. The van der Waals surface area contributed by atoms with Crippen LogP contribution in [0.15, 0.2) is 27.8 Å². The van der Waals surface area contributed by atoms with Gasteiger partial charge in [-0.1, -0.05) is 12.2 Å². The number of alkyl halides is 2. The van der Waals surface area contributed by atoms with Crippen molar-refractivity contribution in [2.24, 2.45) is 5.92 Å². The second kappa shape index (κ2) is 11.4. The van der Waals surface area contributed by atoms with E-state index in [1.807, 2.05) is 24.0 Å². The Kier molecular flexibility index (Phi) is 8.81. The van der Waals surface area contributed by atoms with E-state index in [4.69, 9.17) is 4.74 Å². The minimum atomic E-state index is -3.13. The average Bonchev–Trinajstić information content (AvgIpc) is 3.28. The molecular formula is C24H36F2N4O4. The molecule has 34 heavy (non-hydrogen) atoms. The molecular weight excluding hydrogens is 446 g/mol. The van der Waals surface area contributed by atoms with E-state index in [0.717, 1.165) is 38.2 Å². The minimum absolute atomic E-state index is 0.0447. The molecule has 190 valence electrons. The number of aromatic nitrogens is 2. The van der Waals surface area contributed by atoms with Crippen LogP contribution in [-0.2, 0) is 15.5 Å². The van der Waals surface area contributed by atoms with Gasteiger partial charge in [-0.2, -0.15) is 13.8 Å². The van der Waals surface area contributed by atoms with Gasteiger partial charge in [0.2, 0.25) is 0 Å². The zero-order valence-electron chi connectivity index (χ0n) is 20.4. The van der Waals surface area contributed by atoms with Crippen LogP contribution in [0, 0.1) is 5.92 Å². The van der Waals surface area contributed by atoms with Crippen molar-refractivity contribution in [1.82, 2.24) is 15.5 Å². The zero-order chi connectivity index (χ0) is 24.9. The van der Waals surface area contributed by atoms with Crippen LogP contribution >= 0.6 is 0 Å². The third kappa shape index (κ3) is 7.09. The van der Waals surface area contributed by atoms with Crippen LogP contribution in [0.5, 0.6) is 0 Å². The maximum atomic E-state index is 13.3. The normalized spacial score (nSPS) is 21.6. The topological polar surface area (TPSA) is 101 Å². The molecule has 0 aromatic carbocycles. The van der Waals surface area contributed by atoms with Crippen LogP contribution in [0.25, 0.3) is 0 Å². The molecule has 2 heterocycles. The molecule has 1 aliphatic heterocycles. The Balaban J connectivity index is 1.34. The van der Waals surface area contributed by atoms with Crippen molar-refractivity contribution < 1.29 is 27.9 Å². The third-order valence-electron chi connectivity index (χ3n) is 6.52. The summed E-state index contributed by atoms with van der Waals surface area (Å²) >= 11 is 0. The van der Waals surface area contributed by atoms with Gasteiger partial charge in [0.1, 0.15) is 0 Å². The maximum Gasteiger partial charge on any atom is 0.322 e. The van der Waals surface area contributed by atoms with E-state index >= 15 is 0 Å². The fraction of sp³-hybridized carbons (Fsp3) is 0.708. The molecule has 3 rings (SSSR count). The first-order chi connectivity index (χ1) is 16.0. The molecule has 1 fully saturated rings. The van der Waals surface area contributed by atoms with Crippen LogP contribution in [-0.4, -0.2) is 59.1 Å². The van der Waals surface area contributed by atoms with E-state index in [9.17, 15) is 18.7 Å². The van der Waals surface area contributed by atoms with Crippen molar-refractivity contribution in [3.8, 4) is 0 Å². The molecule has 1 aliphatic carbocycles. The van der Waals surface area contributed by atoms with Gasteiger partial charge < -0.3 is 24.6 Å². The highest BCUT2D eigenvalue weighted by Gasteiger charge is 2.33. The highest BCUT2D eigenvalue weighted by molar-refractivity contribution is 5.98. The second-order valence-electron chi connectivity index (χ2n) is 9.48. The predicted octanol–water partition coefficient (Wildman–Crippen LogP) is 3.73. The Hall–Kier alpha value is -2.33. The third-order valence-corrected chi connectivity index (χ3v) is 6.52. The first-order valence-corrected chi connectivity index (χ1v) is 12.0. The van der Waals surface area contributed by atoms with Crippen molar-refractivity contribution in [1.29, 1.82) is 0 Å². The number of aliphatic hydroxyl groups is 1. The Labute approximate surface area is 199 Å². The summed E-state index contributed by atoms with van der Waals surface area (Å²) in [6.07, 6.45) is 7.74. The summed E-state index contributed by atoms with van der Waals surface area (Å²) in [7, 11) is 0. The Bertz CT molecular complexity index is 886. The average molecular weight is 483 g/mol. The van der Waals surface area contributed by atoms with E-state index in [1.165, 1.54) is 0 Å². The number of hydrogen-bond acceptors (Lipinski definition) is 7. The first-order valence-electron chi connectivity index (χ1n) is 12.0. The minimum Gasteiger partial charge on any atom is -0.391 e. The van der Waals surface area contributed by atoms with Crippen LogP contribution in [0.2, 0.25) is 0 Å². The quantitative estimate of drug-likeness (QED) is 0.490. The molecule has 0 radical (unpaired) electrons. The fourth-order valence-electron chi connectivity index (χ4n) is 4.18. The number of hydrogen-bond donors (Lipinski definition) is 2. The molecule has 3 atom stereocenters. The number of carbonyl (C=O) groups excluding carboxylic acids is 1. The van der Waals surface area contributed by atoms with Crippen molar-refractivity contribution >= 4 is 11.9 Å². The molecule has 2 N–H and O–H groups in total. The predicted molar refractivity (Wildman–Crippen MR) is 124 cm³/mol. The summed E-state index contributed by atoms with van der Waals surface area (Å²) < 4.78 is 37.3. The number of piperidine rings is 1. The zero-order valence-corrected chi connectivity index (χ0v) is 20.4. The highest BCUT2D eigenvalue weighted by Crippen LogP contribution is 2.29. The first kappa shape index (κ1) is 26.3. The Morgan fingerprint density at radius 3 is 2.68 bits per heavy atom. The van der Waals surface area contributed by atoms with E-state index in [0.29, 0.717) is 37.6 Å². The second-order valence-corrected chi connectivity index (χ2v) is 9.48. The number of halogens is 2. The number of carbonyl (C=O) groups is 1. The molecule has 8 nitrogen and oxygen atoms in total. The van der Waals surface area contributed by atoms with Gasteiger partial charge in [0.15, 0.2) is 0 Å². The lowest BCUT2D eigenvalue weighted by molar-refractivity contribution is -0.118. The van der Waals surface area contributed by atoms with Crippen molar-refractivity contribution in [3.63, 3.8) is 0 Å². The monoisotopic (exact) mass is 482 g/mol. The molecule has 1 aromatic rings. The summed E-state index contributed by atoms with van der Waals surface area (Å²) in [6, 6.07) is -0.312. The number of nitrogens with zero attached hydrogens (tertiary/aromatic N) is 3. The summed E-state index contributed by atoms with van der Waals surface area (Å²) in [5, 5.41) is 16.1. The summed E-state index contributed by atoms with van der Waals surface area (Å²) in [6.45, 7) is 8.14. The van der Waals surface area contributed by atoms with Gasteiger partial charge in [0.25, 0.3) is 17.7 Å². The van der Waals surface area contributed by atoms with Gasteiger partial charge in [-0.25, -0.2) is 0 Å². The van der Waals surface area contributed by atoms with Crippen LogP contribution in [0.4, 0.5) is 14.7 Å². The largest absolute Gasteiger partial charge is 0.391 e. The standard InChI is InChI=1S/C24H36F2N4O4/c1-15-14-19(7-8-20(15)21(32)27-16(2)17(3)31)33-13-5-6-18-9-11-30(12-10-18)23-28-22(34-29-23)24(4,25)26/h8,14,16-19,31H,5-7,9-13H2,1-4H3,(H,27,32)/t16-,17+,19?/m1/s1. The summed E-state index contributed by atoms with van der Waals surface area (Å²) in [5.41, 5.74) is 1.51. The SMILES string of the molecule is CC1=CC(OCCCC2CCN(c3noc(C(C)(F)F)n3)CC2)CC=C1C(=O)N[C@H](C)[C@H](C)O. The van der Waals surface area contributed by atoms with Gasteiger partial charge in [-0.3, -0.25) is 4.79 Å². The molecule has 1 unspecified atom stereocenters. The number of rotatable bonds is 10. The summed E-state index contributed by atoms with van der Waals surface area (Å²) in [5.74, 6) is -3.16.